The fourth-order valence-corrected chi connectivity index (χ4v) is 3.29. The van der Waals surface area contributed by atoms with Gasteiger partial charge in [-0.15, -0.1) is 0 Å². The highest BCUT2D eigenvalue weighted by Gasteiger charge is 2.32. The van der Waals surface area contributed by atoms with Crippen molar-refractivity contribution >= 4 is 17.8 Å². The number of phenols is 1. The van der Waals surface area contributed by atoms with E-state index in [1.165, 1.54) is 19.2 Å². The summed E-state index contributed by atoms with van der Waals surface area (Å²) in [6, 6.07) is 13.1. The molecule has 0 fully saturated rings. The standard InChI is InChI=1S/C24H30N2O6/c1-15(2)13-19(24(31)32-3)26-23(30)21(28)18(14-16-9-5-4-6-10-16)25-22(29)17-11-7-8-12-20(17)27/h4-12,15,18-19,21,27-28H,13-14H2,1-3H3,(H,25,29)(H,26,30)/t18-,19-,21+/m0/s1. The fraction of sp³-hybridized carbons (Fsp3) is 0.375. The molecular weight excluding hydrogens is 412 g/mol. The molecule has 0 radical (unpaired) electrons. The molecule has 0 aromatic heterocycles. The molecule has 32 heavy (non-hydrogen) atoms. The number of carbonyl (C=O) groups excluding carboxylic acids is 3. The summed E-state index contributed by atoms with van der Waals surface area (Å²) in [4.78, 5) is 37.6. The minimum absolute atomic E-state index is 0.0189. The molecule has 4 N–H and O–H groups in total. The number of aliphatic hydroxyl groups is 1. The topological polar surface area (TPSA) is 125 Å². The highest BCUT2D eigenvalue weighted by molar-refractivity contribution is 5.97. The third kappa shape index (κ3) is 7.09. The molecule has 0 aliphatic heterocycles. The number of carbonyl (C=O) groups is 3. The van der Waals surface area contributed by atoms with Crippen LogP contribution in [0.5, 0.6) is 5.75 Å². The van der Waals surface area contributed by atoms with E-state index in [-0.39, 0.29) is 23.7 Å². The number of para-hydroxylation sites is 1. The molecular formula is C24H30N2O6. The lowest BCUT2D eigenvalue weighted by Gasteiger charge is -2.26. The van der Waals surface area contributed by atoms with E-state index in [1.54, 1.807) is 36.4 Å². The van der Waals surface area contributed by atoms with Gasteiger partial charge in [0.2, 0.25) is 0 Å². The van der Waals surface area contributed by atoms with Crippen LogP contribution in [0.4, 0.5) is 0 Å². The van der Waals surface area contributed by atoms with Gasteiger partial charge in [-0.3, -0.25) is 9.59 Å². The predicted octanol–water partition coefficient (Wildman–Crippen LogP) is 1.80. The van der Waals surface area contributed by atoms with Crippen molar-refractivity contribution < 1.29 is 29.3 Å². The number of hydrogen-bond acceptors (Lipinski definition) is 6. The second-order valence-electron chi connectivity index (χ2n) is 7.95. The van der Waals surface area contributed by atoms with Crippen molar-refractivity contribution in [1.29, 1.82) is 0 Å². The molecule has 0 saturated heterocycles. The van der Waals surface area contributed by atoms with Crippen LogP contribution in [0.1, 0.15) is 36.2 Å². The van der Waals surface area contributed by atoms with Gasteiger partial charge in [0, 0.05) is 0 Å². The van der Waals surface area contributed by atoms with Crippen LogP contribution in [-0.2, 0) is 20.7 Å². The number of aliphatic hydroxyl groups excluding tert-OH is 1. The zero-order valence-corrected chi connectivity index (χ0v) is 18.4. The maximum Gasteiger partial charge on any atom is 0.328 e. The minimum atomic E-state index is -1.65. The first-order chi connectivity index (χ1) is 15.2. The Morgan fingerprint density at radius 3 is 2.19 bits per heavy atom. The van der Waals surface area contributed by atoms with Crippen molar-refractivity contribution in [2.24, 2.45) is 5.92 Å². The second kappa shape index (κ2) is 11.9. The molecule has 8 nitrogen and oxygen atoms in total. The predicted molar refractivity (Wildman–Crippen MR) is 119 cm³/mol. The lowest BCUT2D eigenvalue weighted by molar-refractivity contribution is -0.147. The largest absolute Gasteiger partial charge is 0.507 e. The molecule has 2 aromatic carbocycles. The summed E-state index contributed by atoms with van der Waals surface area (Å²) in [5.41, 5.74) is 0.805. The van der Waals surface area contributed by atoms with Crippen molar-refractivity contribution in [3.05, 3.63) is 65.7 Å². The number of esters is 1. The van der Waals surface area contributed by atoms with Gasteiger partial charge >= 0.3 is 5.97 Å². The SMILES string of the molecule is COC(=O)[C@H](CC(C)C)NC(=O)[C@H](O)[C@H](Cc1ccccc1)NC(=O)c1ccccc1O. The van der Waals surface area contributed by atoms with E-state index in [0.717, 1.165) is 5.56 Å². The van der Waals surface area contributed by atoms with Gasteiger partial charge in [-0.1, -0.05) is 56.3 Å². The first-order valence-electron chi connectivity index (χ1n) is 10.4. The van der Waals surface area contributed by atoms with Crippen LogP contribution in [0.15, 0.2) is 54.6 Å². The van der Waals surface area contributed by atoms with E-state index >= 15 is 0 Å². The van der Waals surface area contributed by atoms with Crippen LogP contribution in [0, 0.1) is 5.92 Å². The number of phenolic OH excluding ortho intramolecular Hbond substituents is 1. The number of hydrogen-bond donors (Lipinski definition) is 4. The Labute approximate surface area is 187 Å². The van der Waals surface area contributed by atoms with Crippen LogP contribution in [0.2, 0.25) is 0 Å². The number of methoxy groups -OCH3 is 1. The fourth-order valence-electron chi connectivity index (χ4n) is 3.29. The Morgan fingerprint density at radius 1 is 0.969 bits per heavy atom. The normalized spacial score (nSPS) is 13.7. The quantitative estimate of drug-likeness (QED) is 0.416. The zero-order valence-electron chi connectivity index (χ0n) is 18.4. The Bertz CT molecular complexity index is 916. The minimum Gasteiger partial charge on any atom is -0.507 e. The summed E-state index contributed by atoms with van der Waals surface area (Å²) in [6.45, 7) is 3.78. The van der Waals surface area contributed by atoms with Gasteiger partial charge in [0.05, 0.1) is 18.7 Å². The first kappa shape index (κ1) is 24.9. The highest BCUT2D eigenvalue weighted by Crippen LogP contribution is 2.17. The Hall–Kier alpha value is -3.39. The van der Waals surface area contributed by atoms with E-state index in [0.29, 0.717) is 6.42 Å². The molecule has 172 valence electrons. The summed E-state index contributed by atoms with van der Waals surface area (Å²) in [6.07, 6.45) is -1.16. The zero-order chi connectivity index (χ0) is 23.7. The number of nitrogens with one attached hydrogen (secondary N) is 2. The monoisotopic (exact) mass is 442 g/mol. The number of ether oxygens (including phenoxy) is 1. The van der Waals surface area contributed by atoms with Crippen LogP contribution in [0.3, 0.4) is 0 Å². The van der Waals surface area contributed by atoms with Crippen LogP contribution in [0.25, 0.3) is 0 Å². The van der Waals surface area contributed by atoms with Gasteiger partial charge in [0.25, 0.3) is 11.8 Å². The Balaban J connectivity index is 2.23. The molecule has 3 atom stereocenters. The lowest BCUT2D eigenvalue weighted by atomic mass is 9.98. The third-order valence-electron chi connectivity index (χ3n) is 4.92. The number of amides is 2. The maximum absolute atomic E-state index is 12.8. The Morgan fingerprint density at radius 2 is 1.59 bits per heavy atom. The van der Waals surface area contributed by atoms with Gasteiger partial charge in [-0.05, 0) is 36.5 Å². The molecule has 0 heterocycles. The Kier molecular flexibility index (Phi) is 9.22. The van der Waals surface area contributed by atoms with Crippen molar-refractivity contribution in [2.45, 2.75) is 44.9 Å². The van der Waals surface area contributed by atoms with Gasteiger partial charge < -0.3 is 25.6 Å². The van der Waals surface area contributed by atoms with Gasteiger partial charge in [0.15, 0.2) is 6.10 Å². The summed E-state index contributed by atoms with van der Waals surface area (Å²) in [5.74, 6) is -2.18. The van der Waals surface area contributed by atoms with Crippen molar-refractivity contribution in [1.82, 2.24) is 10.6 Å². The average Bonchev–Trinajstić information content (AvgIpc) is 2.77. The van der Waals surface area contributed by atoms with Gasteiger partial charge in [-0.2, -0.15) is 0 Å². The molecule has 0 aliphatic rings. The van der Waals surface area contributed by atoms with Gasteiger partial charge in [0.1, 0.15) is 11.8 Å². The molecule has 2 amide bonds. The third-order valence-corrected chi connectivity index (χ3v) is 4.92. The molecule has 8 heteroatoms. The van der Waals surface area contributed by atoms with Crippen LogP contribution >= 0.6 is 0 Å². The van der Waals surface area contributed by atoms with Crippen LogP contribution in [-0.4, -0.2) is 53.3 Å². The first-order valence-corrected chi connectivity index (χ1v) is 10.4. The van der Waals surface area contributed by atoms with E-state index < -0.39 is 36.0 Å². The summed E-state index contributed by atoms with van der Waals surface area (Å²) < 4.78 is 4.75. The smallest absolute Gasteiger partial charge is 0.328 e. The number of benzene rings is 2. The van der Waals surface area contributed by atoms with Crippen LogP contribution < -0.4 is 10.6 Å². The van der Waals surface area contributed by atoms with E-state index in [1.807, 2.05) is 19.9 Å². The average molecular weight is 443 g/mol. The molecule has 0 unspecified atom stereocenters. The highest BCUT2D eigenvalue weighted by atomic mass is 16.5. The molecule has 2 aromatic rings. The molecule has 2 rings (SSSR count). The van der Waals surface area contributed by atoms with E-state index in [4.69, 9.17) is 4.74 Å². The van der Waals surface area contributed by atoms with Gasteiger partial charge in [-0.25, -0.2) is 4.79 Å². The summed E-state index contributed by atoms with van der Waals surface area (Å²) >= 11 is 0. The molecule has 0 bridgehead atoms. The second-order valence-corrected chi connectivity index (χ2v) is 7.95. The summed E-state index contributed by atoms with van der Waals surface area (Å²) in [7, 11) is 1.23. The van der Waals surface area contributed by atoms with Crippen molar-refractivity contribution in [2.75, 3.05) is 7.11 Å². The lowest BCUT2D eigenvalue weighted by Crippen LogP contribution is -2.54. The molecule has 0 saturated carbocycles. The van der Waals surface area contributed by atoms with E-state index in [9.17, 15) is 24.6 Å². The number of rotatable bonds is 10. The van der Waals surface area contributed by atoms with Crippen molar-refractivity contribution in [3.8, 4) is 5.75 Å². The molecule has 0 aliphatic carbocycles. The van der Waals surface area contributed by atoms with Crippen molar-refractivity contribution in [3.63, 3.8) is 0 Å². The van der Waals surface area contributed by atoms with E-state index in [2.05, 4.69) is 10.6 Å². The molecule has 0 spiro atoms. The number of aromatic hydroxyl groups is 1. The maximum atomic E-state index is 12.8. The summed E-state index contributed by atoms with van der Waals surface area (Å²) in [5, 5.41) is 25.9.